The first kappa shape index (κ1) is 12.3. The number of hydrogen-bond donors (Lipinski definition) is 1. The lowest BCUT2D eigenvalue weighted by Crippen LogP contribution is -2.22. The quantitative estimate of drug-likeness (QED) is 0.820. The number of hydrogen-bond acceptors (Lipinski definition) is 4. The molecule has 0 aliphatic heterocycles. The zero-order valence-electron chi connectivity index (χ0n) is 10.9. The molecule has 1 aromatic heterocycles. The maximum absolute atomic E-state index is 5.61. The van der Waals surface area contributed by atoms with Gasteiger partial charge in [-0.05, 0) is 31.7 Å². The molecule has 1 aromatic rings. The molecule has 0 saturated heterocycles. The number of nitrogens with one attached hydrogen (secondary N) is 1. The van der Waals surface area contributed by atoms with Gasteiger partial charge in [0.05, 0.1) is 12.3 Å². The van der Waals surface area contributed by atoms with Gasteiger partial charge >= 0.3 is 6.01 Å². The summed E-state index contributed by atoms with van der Waals surface area (Å²) in [6, 6.07) is 2.98. The van der Waals surface area contributed by atoms with Crippen LogP contribution in [-0.2, 0) is 6.54 Å². The van der Waals surface area contributed by atoms with Crippen molar-refractivity contribution in [1.82, 2.24) is 15.3 Å². The molecule has 4 nitrogen and oxygen atoms in total. The number of rotatable bonds is 6. The SMILES string of the molecule is Cc1cc(CNC(C)C)nc(OCC2CC2)n1. The molecule has 0 aromatic carbocycles. The second-order valence-electron chi connectivity index (χ2n) is 5.07. The summed E-state index contributed by atoms with van der Waals surface area (Å²) in [6.45, 7) is 7.75. The maximum Gasteiger partial charge on any atom is 0.316 e. The van der Waals surface area contributed by atoms with Crippen molar-refractivity contribution < 1.29 is 4.74 Å². The molecular formula is C13H21N3O. The van der Waals surface area contributed by atoms with Crippen molar-refractivity contribution >= 4 is 0 Å². The minimum atomic E-state index is 0.459. The first-order valence-corrected chi connectivity index (χ1v) is 6.34. The minimum Gasteiger partial charge on any atom is -0.463 e. The van der Waals surface area contributed by atoms with E-state index in [1.54, 1.807) is 0 Å². The third-order valence-electron chi connectivity index (χ3n) is 2.72. The summed E-state index contributed by atoms with van der Waals surface area (Å²) < 4.78 is 5.61. The van der Waals surface area contributed by atoms with E-state index in [-0.39, 0.29) is 0 Å². The molecule has 0 radical (unpaired) electrons. The van der Waals surface area contributed by atoms with Crippen LogP contribution in [0.15, 0.2) is 6.07 Å². The number of aromatic nitrogens is 2. The summed E-state index contributed by atoms with van der Waals surface area (Å²) >= 11 is 0. The lowest BCUT2D eigenvalue weighted by molar-refractivity contribution is 0.274. The van der Waals surface area contributed by atoms with Gasteiger partial charge in [-0.1, -0.05) is 13.8 Å². The van der Waals surface area contributed by atoms with Gasteiger partial charge in [0.2, 0.25) is 0 Å². The van der Waals surface area contributed by atoms with Gasteiger partial charge in [0.25, 0.3) is 0 Å². The second-order valence-corrected chi connectivity index (χ2v) is 5.07. The number of ether oxygens (including phenoxy) is 1. The fraction of sp³-hybridized carbons (Fsp3) is 0.692. The topological polar surface area (TPSA) is 47.0 Å². The Morgan fingerprint density at radius 2 is 2.18 bits per heavy atom. The van der Waals surface area contributed by atoms with Crippen LogP contribution in [0.2, 0.25) is 0 Å². The Labute approximate surface area is 103 Å². The molecule has 2 rings (SSSR count). The molecular weight excluding hydrogens is 214 g/mol. The van der Waals surface area contributed by atoms with Crippen molar-refractivity contribution in [1.29, 1.82) is 0 Å². The van der Waals surface area contributed by atoms with Crippen LogP contribution in [0.3, 0.4) is 0 Å². The van der Waals surface area contributed by atoms with Gasteiger partial charge in [-0.3, -0.25) is 0 Å². The Kier molecular flexibility index (Phi) is 3.94. The Hall–Kier alpha value is -1.16. The minimum absolute atomic E-state index is 0.459. The van der Waals surface area contributed by atoms with E-state index in [0.29, 0.717) is 12.1 Å². The zero-order valence-corrected chi connectivity index (χ0v) is 10.9. The van der Waals surface area contributed by atoms with Gasteiger partial charge < -0.3 is 10.1 Å². The lowest BCUT2D eigenvalue weighted by Gasteiger charge is -2.09. The number of nitrogens with zero attached hydrogens (tertiary/aromatic N) is 2. The fourth-order valence-electron chi connectivity index (χ4n) is 1.55. The van der Waals surface area contributed by atoms with Crippen molar-refractivity contribution in [2.45, 2.75) is 46.2 Å². The largest absolute Gasteiger partial charge is 0.463 e. The van der Waals surface area contributed by atoms with Gasteiger partial charge in [-0.2, -0.15) is 4.98 Å². The summed E-state index contributed by atoms with van der Waals surface area (Å²) in [4.78, 5) is 8.71. The van der Waals surface area contributed by atoms with Gasteiger partial charge in [0.15, 0.2) is 0 Å². The smallest absolute Gasteiger partial charge is 0.316 e. The molecule has 17 heavy (non-hydrogen) atoms. The Morgan fingerprint density at radius 3 is 2.82 bits per heavy atom. The highest BCUT2D eigenvalue weighted by Gasteiger charge is 2.22. The van der Waals surface area contributed by atoms with Crippen molar-refractivity contribution in [2.75, 3.05) is 6.61 Å². The Morgan fingerprint density at radius 1 is 1.41 bits per heavy atom. The number of aryl methyl sites for hydroxylation is 1. The van der Waals surface area contributed by atoms with Crippen LogP contribution in [0.4, 0.5) is 0 Å². The highest BCUT2D eigenvalue weighted by Crippen LogP contribution is 2.28. The molecule has 0 spiro atoms. The highest BCUT2D eigenvalue weighted by molar-refractivity contribution is 5.12. The van der Waals surface area contributed by atoms with E-state index < -0.39 is 0 Å². The van der Waals surface area contributed by atoms with Crippen LogP contribution in [-0.4, -0.2) is 22.6 Å². The first-order valence-electron chi connectivity index (χ1n) is 6.34. The van der Waals surface area contributed by atoms with Crippen LogP contribution in [0, 0.1) is 12.8 Å². The van der Waals surface area contributed by atoms with E-state index in [1.807, 2.05) is 13.0 Å². The molecule has 0 amide bonds. The standard InChI is InChI=1S/C13H21N3O/c1-9(2)14-7-12-6-10(3)15-13(16-12)17-8-11-4-5-11/h6,9,11,14H,4-5,7-8H2,1-3H3. The van der Waals surface area contributed by atoms with Gasteiger partial charge in [0.1, 0.15) is 0 Å². The third-order valence-corrected chi connectivity index (χ3v) is 2.72. The van der Waals surface area contributed by atoms with E-state index >= 15 is 0 Å². The Bertz CT molecular complexity index is 351. The van der Waals surface area contributed by atoms with Gasteiger partial charge in [-0.15, -0.1) is 0 Å². The predicted octanol–water partition coefficient (Wildman–Crippen LogP) is 2.07. The second kappa shape index (κ2) is 5.45. The molecule has 4 heteroatoms. The van der Waals surface area contributed by atoms with Crippen LogP contribution in [0.5, 0.6) is 6.01 Å². The van der Waals surface area contributed by atoms with Crippen molar-refractivity contribution in [3.63, 3.8) is 0 Å². The monoisotopic (exact) mass is 235 g/mol. The molecule has 1 aliphatic carbocycles. The molecule has 0 bridgehead atoms. The average molecular weight is 235 g/mol. The molecule has 94 valence electrons. The van der Waals surface area contributed by atoms with Crippen molar-refractivity contribution in [2.24, 2.45) is 5.92 Å². The molecule has 0 atom stereocenters. The summed E-state index contributed by atoms with van der Waals surface area (Å²) in [5, 5.41) is 3.35. The molecule has 1 fully saturated rings. The molecule has 1 aliphatic rings. The van der Waals surface area contributed by atoms with Crippen LogP contribution in [0.1, 0.15) is 38.1 Å². The van der Waals surface area contributed by atoms with E-state index in [4.69, 9.17) is 4.74 Å². The summed E-state index contributed by atoms with van der Waals surface area (Å²) in [7, 11) is 0. The molecule has 1 saturated carbocycles. The van der Waals surface area contributed by atoms with Crippen LogP contribution < -0.4 is 10.1 Å². The zero-order chi connectivity index (χ0) is 12.3. The van der Waals surface area contributed by atoms with E-state index in [9.17, 15) is 0 Å². The van der Waals surface area contributed by atoms with Crippen LogP contribution in [0.25, 0.3) is 0 Å². The van der Waals surface area contributed by atoms with Gasteiger partial charge in [0, 0.05) is 18.3 Å². The summed E-state index contributed by atoms with van der Waals surface area (Å²) in [6.07, 6.45) is 2.57. The maximum atomic E-state index is 5.61. The van der Waals surface area contributed by atoms with Gasteiger partial charge in [-0.25, -0.2) is 4.98 Å². The third kappa shape index (κ3) is 4.30. The molecule has 1 N–H and O–H groups in total. The first-order chi connectivity index (χ1) is 8.13. The Balaban J connectivity index is 1.94. The van der Waals surface area contributed by atoms with Crippen LogP contribution >= 0.6 is 0 Å². The van der Waals surface area contributed by atoms with Crippen molar-refractivity contribution in [3.8, 4) is 6.01 Å². The molecule has 0 unspecified atom stereocenters. The van der Waals surface area contributed by atoms with E-state index in [2.05, 4.69) is 29.1 Å². The molecule has 1 heterocycles. The summed E-state index contributed by atoms with van der Waals surface area (Å²) in [5.74, 6) is 0.733. The lowest BCUT2D eigenvalue weighted by atomic mass is 10.3. The van der Waals surface area contributed by atoms with E-state index in [0.717, 1.165) is 30.5 Å². The normalized spacial score (nSPS) is 15.3. The highest BCUT2D eigenvalue weighted by atomic mass is 16.5. The van der Waals surface area contributed by atoms with E-state index in [1.165, 1.54) is 12.8 Å². The predicted molar refractivity (Wildman–Crippen MR) is 67.0 cm³/mol. The fourth-order valence-corrected chi connectivity index (χ4v) is 1.55. The summed E-state index contributed by atoms with van der Waals surface area (Å²) in [5.41, 5.74) is 1.96. The average Bonchev–Trinajstić information content (AvgIpc) is 3.07. The van der Waals surface area contributed by atoms with Crippen molar-refractivity contribution in [3.05, 3.63) is 17.5 Å².